The van der Waals surface area contributed by atoms with E-state index in [1.165, 1.54) is 0 Å². The van der Waals surface area contributed by atoms with Crippen molar-refractivity contribution in [3.8, 4) is 0 Å². The lowest BCUT2D eigenvalue weighted by Gasteiger charge is -2.04. The van der Waals surface area contributed by atoms with Crippen LogP contribution in [0.4, 0.5) is 0 Å². The van der Waals surface area contributed by atoms with E-state index in [-0.39, 0.29) is 0 Å². The zero-order valence-corrected chi connectivity index (χ0v) is 8.83. The average Bonchev–Trinajstić information content (AvgIpc) is 2.21. The molecule has 4 N–H and O–H groups in total. The van der Waals surface area contributed by atoms with Crippen molar-refractivity contribution in [1.82, 2.24) is 5.32 Å². The van der Waals surface area contributed by atoms with Crippen LogP contribution in [0.1, 0.15) is 26.2 Å². The van der Waals surface area contributed by atoms with Crippen molar-refractivity contribution in [1.29, 1.82) is 0 Å². The van der Waals surface area contributed by atoms with E-state index in [9.17, 15) is 0 Å². The van der Waals surface area contributed by atoms with Crippen molar-refractivity contribution in [3.05, 3.63) is 0 Å². The van der Waals surface area contributed by atoms with Gasteiger partial charge in [-0.05, 0) is 26.3 Å². The number of nitrogens with zero attached hydrogens (tertiary/aromatic N) is 1. The molecule has 0 saturated heterocycles. The summed E-state index contributed by atoms with van der Waals surface area (Å²) < 4.78 is 5.16. The molecule has 0 aliphatic carbocycles. The Morgan fingerprint density at radius 1 is 1.43 bits per heavy atom. The summed E-state index contributed by atoms with van der Waals surface area (Å²) in [4.78, 5) is 0. The van der Waals surface area contributed by atoms with Crippen LogP contribution in [0.3, 0.4) is 0 Å². The van der Waals surface area contributed by atoms with Crippen molar-refractivity contribution < 1.29 is 9.94 Å². The third-order valence-electron chi connectivity index (χ3n) is 1.79. The summed E-state index contributed by atoms with van der Waals surface area (Å²) in [6, 6.07) is 0. The van der Waals surface area contributed by atoms with Crippen LogP contribution in [0, 0.1) is 0 Å². The second-order valence-corrected chi connectivity index (χ2v) is 3.00. The molecule has 0 fully saturated rings. The summed E-state index contributed by atoms with van der Waals surface area (Å²) in [5, 5.41) is 14.4. The van der Waals surface area contributed by atoms with E-state index < -0.39 is 0 Å². The lowest BCUT2D eigenvalue weighted by atomic mass is 10.2. The van der Waals surface area contributed by atoms with Crippen LogP contribution in [-0.4, -0.2) is 37.3 Å². The van der Waals surface area contributed by atoms with E-state index in [4.69, 9.17) is 15.7 Å². The molecule has 0 saturated carbocycles. The van der Waals surface area contributed by atoms with Crippen LogP contribution in [0.25, 0.3) is 0 Å². The van der Waals surface area contributed by atoms with Crippen molar-refractivity contribution in [2.24, 2.45) is 10.9 Å². The molecule has 0 radical (unpaired) electrons. The van der Waals surface area contributed by atoms with Crippen LogP contribution >= 0.6 is 0 Å². The number of hydrogen-bond acceptors (Lipinski definition) is 4. The van der Waals surface area contributed by atoms with E-state index in [0.29, 0.717) is 12.3 Å². The standard InChI is InChI=1S/C9H21N3O2/c1-2-14-8-7-11-6-4-3-5-9(10)12-13/h11,13H,2-8H2,1H3,(H2,10,12). The zero-order chi connectivity index (χ0) is 10.6. The Kier molecular flexibility index (Phi) is 9.68. The molecule has 5 nitrogen and oxygen atoms in total. The number of oxime groups is 1. The Labute approximate surface area is 85.3 Å². The van der Waals surface area contributed by atoms with Crippen LogP contribution in [0.2, 0.25) is 0 Å². The molecule has 14 heavy (non-hydrogen) atoms. The maximum absolute atomic E-state index is 8.27. The molecule has 0 atom stereocenters. The van der Waals surface area contributed by atoms with Gasteiger partial charge in [0.2, 0.25) is 0 Å². The minimum Gasteiger partial charge on any atom is -0.409 e. The highest BCUT2D eigenvalue weighted by Gasteiger charge is 1.93. The Bertz CT molecular complexity index is 151. The Hall–Kier alpha value is -0.810. The van der Waals surface area contributed by atoms with Gasteiger partial charge >= 0.3 is 0 Å². The highest BCUT2D eigenvalue weighted by Crippen LogP contribution is 1.93. The predicted octanol–water partition coefficient (Wildman–Crippen LogP) is 0.529. The quantitative estimate of drug-likeness (QED) is 0.168. The van der Waals surface area contributed by atoms with E-state index in [1.54, 1.807) is 0 Å². The minimum atomic E-state index is 0.305. The predicted molar refractivity (Wildman–Crippen MR) is 56.6 cm³/mol. The first-order valence-electron chi connectivity index (χ1n) is 5.06. The molecule has 0 bridgehead atoms. The maximum atomic E-state index is 8.27. The van der Waals surface area contributed by atoms with Gasteiger partial charge in [0.25, 0.3) is 0 Å². The molecule has 0 aliphatic rings. The number of amidine groups is 1. The van der Waals surface area contributed by atoms with Crippen LogP contribution in [0.5, 0.6) is 0 Å². The molecule has 84 valence electrons. The lowest BCUT2D eigenvalue weighted by molar-refractivity contribution is 0.149. The fraction of sp³-hybridized carbons (Fsp3) is 0.889. The third kappa shape index (κ3) is 9.28. The fourth-order valence-corrected chi connectivity index (χ4v) is 1.02. The first-order chi connectivity index (χ1) is 6.81. The fourth-order valence-electron chi connectivity index (χ4n) is 1.02. The van der Waals surface area contributed by atoms with Gasteiger partial charge in [0.15, 0.2) is 0 Å². The van der Waals surface area contributed by atoms with Gasteiger partial charge in [0, 0.05) is 19.6 Å². The molecule has 0 aliphatic heterocycles. The summed E-state index contributed by atoms with van der Waals surface area (Å²) in [5.41, 5.74) is 5.31. The van der Waals surface area contributed by atoms with Gasteiger partial charge in [-0.2, -0.15) is 0 Å². The molecule has 0 spiro atoms. The normalized spacial score (nSPS) is 11.9. The van der Waals surface area contributed by atoms with Gasteiger partial charge in [0.1, 0.15) is 5.84 Å². The monoisotopic (exact) mass is 203 g/mol. The van der Waals surface area contributed by atoms with Crippen molar-refractivity contribution in [3.63, 3.8) is 0 Å². The highest BCUT2D eigenvalue weighted by atomic mass is 16.5. The van der Waals surface area contributed by atoms with Crippen LogP contribution in [-0.2, 0) is 4.74 Å². The summed E-state index contributed by atoms with van der Waals surface area (Å²) >= 11 is 0. The molecule has 0 aromatic rings. The van der Waals surface area contributed by atoms with E-state index in [2.05, 4.69) is 10.5 Å². The number of nitrogens with one attached hydrogen (secondary N) is 1. The van der Waals surface area contributed by atoms with Gasteiger partial charge in [-0.15, -0.1) is 0 Å². The molecule has 0 amide bonds. The van der Waals surface area contributed by atoms with Crippen LogP contribution < -0.4 is 11.1 Å². The Balaban J connectivity index is 2.99. The number of rotatable bonds is 9. The highest BCUT2D eigenvalue weighted by molar-refractivity contribution is 5.79. The third-order valence-corrected chi connectivity index (χ3v) is 1.79. The van der Waals surface area contributed by atoms with Crippen molar-refractivity contribution in [2.45, 2.75) is 26.2 Å². The SMILES string of the molecule is CCOCCNCCCCC(N)=NO. The number of nitrogens with two attached hydrogens (primary N) is 1. The molecule has 0 rings (SSSR count). The summed E-state index contributed by atoms with van der Waals surface area (Å²) in [5.74, 6) is 0.305. The first-order valence-corrected chi connectivity index (χ1v) is 5.06. The molecule has 0 unspecified atom stereocenters. The lowest BCUT2D eigenvalue weighted by Crippen LogP contribution is -2.21. The number of ether oxygens (including phenoxy) is 1. The Morgan fingerprint density at radius 3 is 2.86 bits per heavy atom. The number of hydrogen-bond donors (Lipinski definition) is 3. The molecular weight excluding hydrogens is 182 g/mol. The largest absolute Gasteiger partial charge is 0.409 e. The number of unbranched alkanes of at least 4 members (excludes halogenated alkanes) is 1. The topological polar surface area (TPSA) is 79.9 Å². The smallest absolute Gasteiger partial charge is 0.139 e. The van der Waals surface area contributed by atoms with Gasteiger partial charge in [-0.1, -0.05) is 5.16 Å². The molecule has 0 heterocycles. The summed E-state index contributed by atoms with van der Waals surface area (Å²) in [6.45, 7) is 5.35. The van der Waals surface area contributed by atoms with Crippen molar-refractivity contribution in [2.75, 3.05) is 26.3 Å². The average molecular weight is 203 g/mol. The molecule has 0 aromatic carbocycles. The summed E-state index contributed by atoms with van der Waals surface area (Å²) in [7, 11) is 0. The van der Waals surface area contributed by atoms with Gasteiger partial charge in [-0.3, -0.25) is 0 Å². The molecular formula is C9H21N3O2. The van der Waals surface area contributed by atoms with E-state index in [1.807, 2.05) is 6.92 Å². The zero-order valence-electron chi connectivity index (χ0n) is 8.83. The second-order valence-electron chi connectivity index (χ2n) is 3.00. The Morgan fingerprint density at radius 2 is 2.21 bits per heavy atom. The summed E-state index contributed by atoms with van der Waals surface area (Å²) in [6.07, 6.45) is 2.63. The van der Waals surface area contributed by atoms with E-state index in [0.717, 1.165) is 39.1 Å². The van der Waals surface area contributed by atoms with Gasteiger partial charge in [0.05, 0.1) is 6.61 Å². The molecule has 5 heteroatoms. The van der Waals surface area contributed by atoms with Crippen molar-refractivity contribution >= 4 is 5.84 Å². The van der Waals surface area contributed by atoms with Gasteiger partial charge < -0.3 is 21.0 Å². The first kappa shape index (κ1) is 13.2. The van der Waals surface area contributed by atoms with Crippen LogP contribution in [0.15, 0.2) is 5.16 Å². The van der Waals surface area contributed by atoms with E-state index >= 15 is 0 Å². The van der Waals surface area contributed by atoms with Gasteiger partial charge in [-0.25, -0.2) is 0 Å². The molecule has 0 aromatic heterocycles. The minimum absolute atomic E-state index is 0.305. The second kappa shape index (κ2) is 10.3. The maximum Gasteiger partial charge on any atom is 0.139 e.